The minimum atomic E-state index is -0.269. The van der Waals surface area contributed by atoms with Crippen LogP contribution in [0.25, 0.3) is 22.1 Å². The average molecular weight is 805 g/mol. The number of ether oxygens (including phenoxy) is 1. The van der Waals surface area contributed by atoms with E-state index in [4.69, 9.17) is 26.5 Å². The second kappa shape index (κ2) is 17.6. The van der Waals surface area contributed by atoms with Crippen molar-refractivity contribution in [3.8, 4) is 5.75 Å². The Morgan fingerprint density at radius 2 is 1.09 bits per heavy atom. The first-order valence-electron chi connectivity index (χ1n) is 20.1. The Labute approximate surface area is 344 Å². The van der Waals surface area contributed by atoms with E-state index in [-0.39, 0.29) is 11.8 Å². The lowest BCUT2D eigenvalue weighted by Crippen LogP contribution is -2.32. The molecular formula is C44H53ClN10O3. The molecule has 2 aromatic carbocycles. The quantitative estimate of drug-likeness (QED) is 0.156. The lowest BCUT2D eigenvalue weighted by molar-refractivity contribution is 0.101. The van der Waals surface area contributed by atoms with Crippen LogP contribution in [0.15, 0.2) is 60.9 Å². The molecule has 2 amide bonds. The molecule has 2 N–H and O–H groups in total. The molecule has 304 valence electrons. The predicted molar refractivity (Wildman–Crippen MR) is 231 cm³/mol. The highest BCUT2D eigenvalue weighted by atomic mass is 35.5. The molecule has 0 radical (unpaired) electrons. The number of piperidine rings is 2. The summed E-state index contributed by atoms with van der Waals surface area (Å²) in [5.74, 6) is 0.0571. The lowest BCUT2D eigenvalue weighted by Gasteiger charge is -2.29. The first kappa shape index (κ1) is 40.8. The third-order valence-electron chi connectivity index (χ3n) is 11.1. The molecule has 4 aromatic heterocycles. The van der Waals surface area contributed by atoms with Crippen LogP contribution in [0, 0.1) is 27.7 Å². The number of likely N-dealkylation sites (tertiary alicyclic amines) is 2. The van der Waals surface area contributed by atoms with Gasteiger partial charge in [0, 0.05) is 23.8 Å². The number of amides is 2. The van der Waals surface area contributed by atoms with Crippen LogP contribution in [-0.4, -0.2) is 98.0 Å². The maximum Gasteiger partial charge on any atom is 0.261 e. The van der Waals surface area contributed by atoms with Crippen LogP contribution in [0.4, 0.5) is 11.4 Å². The fourth-order valence-electron chi connectivity index (χ4n) is 7.75. The van der Waals surface area contributed by atoms with E-state index in [2.05, 4.69) is 44.5 Å². The first-order valence-corrected chi connectivity index (χ1v) is 20.5. The van der Waals surface area contributed by atoms with E-state index in [1.54, 1.807) is 12.4 Å². The van der Waals surface area contributed by atoms with Crippen LogP contribution >= 0.6 is 11.6 Å². The van der Waals surface area contributed by atoms with Gasteiger partial charge in [0.15, 0.2) is 11.3 Å². The normalized spacial score (nSPS) is 15.7. The first-order chi connectivity index (χ1) is 27.9. The summed E-state index contributed by atoms with van der Waals surface area (Å²) in [5.41, 5.74) is 7.72. The minimum Gasteiger partial charge on any atom is -0.492 e. The number of halogens is 1. The van der Waals surface area contributed by atoms with E-state index in [1.165, 1.54) is 0 Å². The Morgan fingerprint density at radius 1 is 0.672 bits per heavy atom. The molecule has 58 heavy (non-hydrogen) atoms. The molecule has 6 heterocycles. The Hall–Kier alpha value is -5.37. The molecule has 14 heteroatoms. The number of anilines is 2. The Morgan fingerprint density at radius 3 is 1.55 bits per heavy atom. The molecule has 2 aliphatic heterocycles. The van der Waals surface area contributed by atoms with Gasteiger partial charge in [0.1, 0.15) is 11.3 Å². The van der Waals surface area contributed by atoms with Gasteiger partial charge in [0.2, 0.25) is 0 Å². The summed E-state index contributed by atoms with van der Waals surface area (Å²) in [5, 5.41) is 17.3. The number of nitrogens with zero attached hydrogens (tertiary/aromatic N) is 8. The summed E-state index contributed by atoms with van der Waals surface area (Å²) in [7, 11) is 4.28. The highest BCUT2D eigenvalue weighted by Crippen LogP contribution is 2.36. The van der Waals surface area contributed by atoms with Gasteiger partial charge in [-0.3, -0.25) is 9.59 Å². The number of carbonyl (C=O) groups is 2. The van der Waals surface area contributed by atoms with Gasteiger partial charge >= 0.3 is 0 Å². The summed E-state index contributed by atoms with van der Waals surface area (Å²) < 4.78 is 9.99. The lowest BCUT2D eigenvalue weighted by atomic mass is 10.1. The monoisotopic (exact) mass is 804 g/mol. The standard InChI is InChI=1S/C23H29N5O2.C21H24ClN5O/c1-5-30-21-19(23(29)25-17-8-6-15(2)7-9-17)14-24-22-20(21)16(3)26-28(22)18-10-12-27(4)13-11-18;1-13-4-6-15(7-5-13)24-21(28)17-12-23-20-18(19(17)22)14(2)25-27(20)16-8-10-26(3)11-9-16/h6-9,14,18H,5,10-13H2,1-4H3,(H,25,29);4-7,12,16H,8-11H2,1-3H3,(H,24,28). The summed E-state index contributed by atoms with van der Waals surface area (Å²) in [4.78, 5) is 39.7. The molecule has 0 bridgehead atoms. The van der Waals surface area contributed by atoms with Crippen LogP contribution in [0.3, 0.4) is 0 Å². The largest absolute Gasteiger partial charge is 0.492 e. The second-order valence-corrected chi connectivity index (χ2v) is 16.0. The van der Waals surface area contributed by atoms with Gasteiger partial charge in [0.25, 0.3) is 11.8 Å². The minimum absolute atomic E-state index is 0.233. The van der Waals surface area contributed by atoms with Crippen LogP contribution in [-0.2, 0) is 0 Å². The van der Waals surface area contributed by atoms with Crippen molar-refractivity contribution in [3.63, 3.8) is 0 Å². The smallest absolute Gasteiger partial charge is 0.261 e. The maximum atomic E-state index is 13.0. The van der Waals surface area contributed by atoms with Gasteiger partial charge in [-0.05, 0) is 125 Å². The van der Waals surface area contributed by atoms with E-state index >= 15 is 0 Å². The van der Waals surface area contributed by atoms with E-state index in [9.17, 15) is 9.59 Å². The van der Waals surface area contributed by atoms with Crippen LogP contribution in [0.5, 0.6) is 5.75 Å². The van der Waals surface area contributed by atoms with E-state index < -0.39 is 0 Å². The number of carbonyl (C=O) groups excluding carboxylic acids is 2. The SMILES string of the molecule is CCOc1c(C(=O)Nc2ccc(C)cc2)cnc2c1c(C)nn2C1CCN(C)CC1.Cc1ccc(NC(=O)c2cnc3c(c(C)nn3C3CCN(C)CC3)c2Cl)cc1. The summed E-state index contributed by atoms with van der Waals surface area (Å²) in [6, 6.07) is 16.0. The van der Waals surface area contributed by atoms with Crippen LogP contribution < -0.4 is 15.4 Å². The van der Waals surface area contributed by atoms with E-state index in [1.807, 2.05) is 92.5 Å². The van der Waals surface area contributed by atoms with E-state index in [0.717, 1.165) is 108 Å². The average Bonchev–Trinajstić information content (AvgIpc) is 3.74. The van der Waals surface area contributed by atoms with Crippen molar-refractivity contribution < 1.29 is 14.3 Å². The van der Waals surface area contributed by atoms with Crippen molar-refractivity contribution in [2.24, 2.45) is 0 Å². The van der Waals surface area contributed by atoms with Crippen molar-refractivity contribution in [1.82, 2.24) is 39.3 Å². The third-order valence-corrected chi connectivity index (χ3v) is 11.5. The van der Waals surface area contributed by atoms with Gasteiger partial charge in [0.05, 0.1) is 51.4 Å². The Bertz CT molecular complexity index is 2410. The number of aryl methyl sites for hydroxylation is 4. The zero-order valence-electron chi connectivity index (χ0n) is 34.5. The highest BCUT2D eigenvalue weighted by Gasteiger charge is 2.28. The van der Waals surface area contributed by atoms with Gasteiger partial charge in [-0.2, -0.15) is 10.2 Å². The topological polar surface area (TPSA) is 135 Å². The predicted octanol–water partition coefficient (Wildman–Crippen LogP) is 8.19. The zero-order chi connectivity index (χ0) is 41.1. The number of hydrogen-bond donors (Lipinski definition) is 2. The van der Waals surface area contributed by atoms with Gasteiger partial charge in [-0.15, -0.1) is 0 Å². The van der Waals surface area contributed by atoms with Crippen molar-refractivity contribution in [3.05, 3.63) is 99.6 Å². The number of aromatic nitrogens is 6. The second-order valence-electron chi connectivity index (χ2n) is 15.6. The summed E-state index contributed by atoms with van der Waals surface area (Å²) in [6.07, 6.45) is 7.30. The van der Waals surface area contributed by atoms with Gasteiger partial charge in [-0.1, -0.05) is 47.0 Å². The van der Waals surface area contributed by atoms with E-state index in [0.29, 0.717) is 40.6 Å². The van der Waals surface area contributed by atoms with Gasteiger partial charge < -0.3 is 25.2 Å². The molecule has 13 nitrogen and oxygen atoms in total. The number of fused-ring (bicyclic) bond motifs is 2. The number of hydrogen-bond acceptors (Lipinski definition) is 9. The molecule has 0 spiro atoms. The number of pyridine rings is 2. The highest BCUT2D eigenvalue weighted by molar-refractivity contribution is 6.39. The molecule has 0 saturated carbocycles. The number of rotatable bonds is 8. The van der Waals surface area contributed by atoms with Crippen molar-refractivity contribution in [2.45, 2.75) is 72.4 Å². The fraction of sp³-hybridized carbons (Fsp3) is 0.409. The van der Waals surface area contributed by atoms with Crippen LogP contribution in [0.2, 0.25) is 5.02 Å². The van der Waals surface area contributed by atoms with Crippen molar-refractivity contribution >= 4 is 56.9 Å². The summed E-state index contributed by atoms with van der Waals surface area (Å²) in [6.45, 7) is 14.4. The van der Waals surface area contributed by atoms with Crippen molar-refractivity contribution in [1.29, 1.82) is 0 Å². The summed E-state index contributed by atoms with van der Waals surface area (Å²) >= 11 is 6.65. The van der Waals surface area contributed by atoms with Gasteiger partial charge in [-0.25, -0.2) is 19.3 Å². The molecule has 2 fully saturated rings. The molecule has 2 aliphatic rings. The maximum absolute atomic E-state index is 13.0. The number of benzene rings is 2. The Kier molecular flexibility index (Phi) is 12.4. The van der Waals surface area contributed by atoms with Crippen LogP contribution in [0.1, 0.15) is 87.9 Å². The molecular weight excluding hydrogens is 752 g/mol. The number of nitrogens with one attached hydrogen (secondary N) is 2. The zero-order valence-corrected chi connectivity index (χ0v) is 35.2. The third kappa shape index (κ3) is 8.71. The molecule has 0 unspecified atom stereocenters. The Balaban J connectivity index is 0.000000177. The molecule has 0 atom stereocenters. The molecule has 2 saturated heterocycles. The fourth-order valence-corrected chi connectivity index (χ4v) is 8.11. The molecule has 6 aromatic rings. The molecule has 0 aliphatic carbocycles. The van der Waals surface area contributed by atoms with Crippen molar-refractivity contribution in [2.75, 3.05) is 57.5 Å². The molecule has 8 rings (SSSR count).